The molecule has 28 heavy (non-hydrogen) atoms. The molecule has 0 saturated carbocycles. The number of imide groups is 1. The van der Waals surface area contributed by atoms with Crippen LogP contribution in [-0.2, 0) is 11.3 Å². The highest BCUT2D eigenvalue weighted by Gasteiger charge is 2.34. The largest absolute Gasteiger partial charge is 0.496 e. The van der Waals surface area contributed by atoms with E-state index in [0.717, 1.165) is 27.0 Å². The summed E-state index contributed by atoms with van der Waals surface area (Å²) in [6.45, 7) is -0.127. The lowest BCUT2D eigenvalue weighted by Crippen LogP contribution is -2.30. The molecular formula is C22H17FN2O3. The Morgan fingerprint density at radius 2 is 1.71 bits per heavy atom. The number of nitrogens with one attached hydrogen (secondary N) is 1. The Morgan fingerprint density at radius 3 is 2.46 bits per heavy atom. The van der Waals surface area contributed by atoms with Gasteiger partial charge in [0.05, 0.1) is 13.7 Å². The molecule has 1 fully saturated rings. The molecular weight excluding hydrogens is 359 g/mol. The third-order valence-corrected chi connectivity index (χ3v) is 4.69. The number of hydrogen-bond donors (Lipinski definition) is 1. The molecule has 6 heteroatoms. The second-order valence-electron chi connectivity index (χ2n) is 6.37. The molecule has 1 saturated heterocycles. The summed E-state index contributed by atoms with van der Waals surface area (Å²) in [5.74, 6) is -0.226. The molecule has 3 aromatic carbocycles. The molecule has 1 N–H and O–H groups in total. The van der Waals surface area contributed by atoms with Gasteiger partial charge in [0, 0.05) is 10.9 Å². The Bertz CT molecular complexity index is 1120. The molecule has 0 aromatic heterocycles. The number of hydrogen-bond acceptors (Lipinski definition) is 3. The van der Waals surface area contributed by atoms with E-state index in [9.17, 15) is 14.0 Å². The first-order valence-corrected chi connectivity index (χ1v) is 8.72. The Balaban J connectivity index is 1.68. The van der Waals surface area contributed by atoms with Gasteiger partial charge in [-0.2, -0.15) is 0 Å². The zero-order chi connectivity index (χ0) is 19.7. The van der Waals surface area contributed by atoms with E-state index in [4.69, 9.17) is 4.74 Å². The lowest BCUT2D eigenvalue weighted by molar-refractivity contribution is -0.123. The van der Waals surface area contributed by atoms with Gasteiger partial charge in [-0.1, -0.05) is 48.5 Å². The van der Waals surface area contributed by atoms with Crippen LogP contribution in [0.15, 0.2) is 66.4 Å². The normalized spacial score (nSPS) is 15.4. The lowest BCUT2D eigenvalue weighted by atomic mass is 10.0. The topological polar surface area (TPSA) is 58.6 Å². The maximum atomic E-state index is 13.9. The van der Waals surface area contributed by atoms with Gasteiger partial charge in [0.2, 0.25) is 0 Å². The number of amides is 3. The maximum Gasteiger partial charge on any atom is 0.329 e. The van der Waals surface area contributed by atoms with Gasteiger partial charge in [0.15, 0.2) is 0 Å². The number of urea groups is 1. The SMILES string of the molecule is COc1ccc(C=C2NC(=O)N(Cc3ccccc3F)C2=O)c2ccccc12. The van der Waals surface area contributed by atoms with E-state index in [0.29, 0.717) is 0 Å². The van der Waals surface area contributed by atoms with Crippen LogP contribution in [0.2, 0.25) is 0 Å². The number of methoxy groups -OCH3 is 1. The molecule has 0 aliphatic carbocycles. The van der Waals surface area contributed by atoms with Gasteiger partial charge in [-0.25, -0.2) is 9.18 Å². The molecule has 3 amide bonds. The van der Waals surface area contributed by atoms with Crippen LogP contribution in [0.1, 0.15) is 11.1 Å². The third-order valence-electron chi connectivity index (χ3n) is 4.69. The van der Waals surface area contributed by atoms with Crippen molar-refractivity contribution in [1.29, 1.82) is 0 Å². The Morgan fingerprint density at radius 1 is 1.00 bits per heavy atom. The summed E-state index contributed by atoms with van der Waals surface area (Å²) in [4.78, 5) is 26.0. The number of rotatable bonds is 4. The molecule has 0 unspecified atom stereocenters. The molecule has 3 aromatic rings. The molecule has 140 valence electrons. The van der Waals surface area contributed by atoms with Crippen LogP contribution in [0, 0.1) is 5.82 Å². The number of carbonyl (C=O) groups is 2. The van der Waals surface area contributed by atoms with Gasteiger partial charge < -0.3 is 10.1 Å². The van der Waals surface area contributed by atoms with E-state index in [-0.39, 0.29) is 17.8 Å². The van der Waals surface area contributed by atoms with Gasteiger partial charge in [0.1, 0.15) is 17.3 Å². The average molecular weight is 376 g/mol. The van der Waals surface area contributed by atoms with E-state index in [1.165, 1.54) is 6.07 Å². The van der Waals surface area contributed by atoms with E-state index in [1.807, 2.05) is 36.4 Å². The fourth-order valence-electron chi connectivity index (χ4n) is 3.27. The minimum Gasteiger partial charge on any atom is -0.496 e. The number of ether oxygens (including phenoxy) is 1. The van der Waals surface area contributed by atoms with E-state index < -0.39 is 17.8 Å². The monoisotopic (exact) mass is 376 g/mol. The second kappa shape index (κ2) is 7.15. The van der Waals surface area contributed by atoms with Crippen LogP contribution in [0.5, 0.6) is 5.75 Å². The van der Waals surface area contributed by atoms with Crippen molar-refractivity contribution in [3.63, 3.8) is 0 Å². The standard InChI is InChI=1S/C22H17FN2O3/c1-28-20-11-10-14(16-7-3-4-8-17(16)20)12-19-21(26)25(22(27)24-19)13-15-6-2-5-9-18(15)23/h2-12H,13H2,1H3,(H,24,27). The summed E-state index contributed by atoms with van der Waals surface area (Å²) in [7, 11) is 1.60. The molecule has 4 rings (SSSR count). The summed E-state index contributed by atoms with van der Waals surface area (Å²) in [6, 6.07) is 16.8. The summed E-state index contributed by atoms with van der Waals surface area (Å²) >= 11 is 0. The predicted octanol–water partition coefficient (Wildman–Crippen LogP) is 4.08. The molecule has 1 heterocycles. The summed E-state index contributed by atoms with van der Waals surface area (Å²) in [6.07, 6.45) is 1.63. The number of halogens is 1. The van der Waals surface area contributed by atoms with Crippen LogP contribution < -0.4 is 10.1 Å². The Kier molecular flexibility index (Phi) is 4.53. The van der Waals surface area contributed by atoms with Crippen LogP contribution >= 0.6 is 0 Å². The third kappa shape index (κ3) is 3.09. The minimum atomic E-state index is -0.572. The average Bonchev–Trinajstić information content (AvgIpc) is 2.97. The smallest absolute Gasteiger partial charge is 0.329 e. The van der Waals surface area contributed by atoms with Crippen molar-refractivity contribution in [3.05, 3.63) is 83.3 Å². The number of benzene rings is 3. The molecule has 1 aliphatic rings. The molecule has 0 spiro atoms. The van der Waals surface area contributed by atoms with Crippen molar-refractivity contribution >= 4 is 28.8 Å². The highest BCUT2D eigenvalue weighted by molar-refractivity contribution is 6.14. The highest BCUT2D eigenvalue weighted by atomic mass is 19.1. The van der Waals surface area contributed by atoms with Crippen molar-refractivity contribution in [3.8, 4) is 5.75 Å². The number of carbonyl (C=O) groups excluding carboxylic acids is 2. The first kappa shape index (κ1) is 17.7. The zero-order valence-corrected chi connectivity index (χ0v) is 15.1. The minimum absolute atomic E-state index is 0.127. The van der Waals surface area contributed by atoms with Crippen molar-refractivity contribution in [2.45, 2.75) is 6.54 Å². The van der Waals surface area contributed by atoms with Crippen molar-refractivity contribution in [1.82, 2.24) is 10.2 Å². The van der Waals surface area contributed by atoms with Gasteiger partial charge in [-0.05, 0) is 29.2 Å². The first-order valence-electron chi connectivity index (χ1n) is 8.72. The second-order valence-corrected chi connectivity index (χ2v) is 6.37. The molecule has 5 nitrogen and oxygen atoms in total. The van der Waals surface area contributed by atoms with E-state index >= 15 is 0 Å². The molecule has 0 atom stereocenters. The Hall–Kier alpha value is -3.67. The fraction of sp³-hybridized carbons (Fsp3) is 0.0909. The van der Waals surface area contributed by atoms with Crippen LogP contribution in [0.3, 0.4) is 0 Å². The van der Waals surface area contributed by atoms with Gasteiger partial charge in [-0.15, -0.1) is 0 Å². The van der Waals surface area contributed by atoms with Crippen molar-refractivity contribution in [2.24, 2.45) is 0 Å². The lowest BCUT2D eigenvalue weighted by Gasteiger charge is -2.12. The van der Waals surface area contributed by atoms with Crippen LogP contribution in [0.25, 0.3) is 16.8 Å². The van der Waals surface area contributed by atoms with E-state index in [2.05, 4.69) is 5.32 Å². The van der Waals surface area contributed by atoms with Gasteiger partial charge in [-0.3, -0.25) is 9.69 Å². The van der Waals surface area contributed by atoms with Crippen LogP contribution in [0.4, 0.5) is 9.18 Å². The quantitative estimate of drug-likeness (QED) is 0.551. The Labute approximate surface area is 161 Å². The predicted molar refractivity (Wildman–Crippen MR) is 104 cm³/mol. The number of nitrogens with zero attached hydrogens (tertiary/aromatic N) is 1. The maximum absolute atomic E-state index is 13.9. The van der Waals surface area contributed by atoms with Crippen molar-refractivity contribution in [2.75, 3.05) is 7.11 Å². The van der Waals surface area contributed by atoms with Crippen molar-refractivity contribution < 1.29 is 18.7 Å². The highest BCUT2D eigenvalue weighted by Crippen LogP contribution is 2.30. The molecule has 1 aliphatic heterocycles. The summed E-state index contributed by atoms with van der Waals surface area (Å²) in [5.41, 5.74) is 1.20. The first-order chi connectivity index (χ1) is 13.6. The van der Waals surface area contributed by atoms with Crippen LogP contribution in [-0.4, -0.2) is 23.9 Å². The summed E-state index contributed by atoms with van der Waals surface area (Å²) in [5, 5.41) is 4.37. The molecule has 0 radical (unpaired) electrons. The summed E-state index contributed by atoms with van der Waals surface area (Å²) < 4.78 is 19.3. The molecule has 0 bridgehead atoms. The van der Waals surface area contributed by atoms with E-state index in [1.54, 1.807) is 31.4 Å². The fourth-order valence-corrected chi connectivity index (χ4v) is 3.27. The van der Waals surface area contributed by atoms with Gasteiger partial charge >= 0.3 is 6.03 Å². The zero-order valence-electron chi connectivity index (χ0n) is 15.1. The van der Waals surface area contributed by atoms with Gasteiger partial charge in [0.25, 0.3) is 5.91 Å². The number of fused-ring (bicyclic) bond motifs is 1.